The molecule has 346 valence electrons. The van der Waals surface area contributed by atoms with Crippen molar-refractivity contribution in [1.29, 1.82) is 0 Å². The molecule has 3 aliphatic rings. The highest BCUT2D eigenvalue weighted by Crippen LogP contribution is 2.32. The highest BCUT2D eigenvalue weighted by molar-refractivity contribution is 7.98. The van der Waals surface area contributed by atoms with Gasteiger partial charge in [-0.25, -0.2) is 15.0 Å². The first-order valence-electron chi connectivity index (χ1n) is 22.7. The number of fused-ring (bicyclic) bond motifs is 10. The van der Waals surface area contributed by atoms with E-state index >= 15 is 0 Å². The molecular formula is C47H50N12O5S3. The second kappa shape index (κ2) is 19.3. The predicted molar refractivity (Wildman–Crippen MR) is 267 cm³/mol. The molecule has 2 N–H and O–H groups in total. The maximum absolute atomic E-state index is 13.7. The van der Waals surface area contributed by atoms with Crippen LogP contribution in [0.25, 0.3) is 52.2 Å². The van der Waals surface area contributed by atoms with E-state index in [9.17, 15) is 24.0 Å². The highest BCUT2D eigenvalue weighted by Gasteiger charge is 2.27. The number of aromatic nitrogens is 6. The largest absolute Gasteiger partial charge is 0.351 e. The van der Waals surface area contributed by atoms with E-state index in [4.69, 9.17) is 4.98 Å². The Kier molecular flexibility index (Phi) is 12.9. The lowest BCUT2D eigenvalue weighted by atomic mass is 10.2. The molecule has 67 heavy (non-hydrogen) atoms. The van der Waals surface area contributed by atoms with Crippen LogP contribution in [0.5, 0.6) is 0 Å². The molecule has 6 aromatic heterocycles. The number of anilines is 1. The zero-order valence-corrected chi connectivity index (χ0v) is 39.8. The fraction of sp³-hybridized carbons (Fsp3) is 0.383. The number of thioether (sulfide) groups is 1. The van der Waals surface area contributed by atoms with Crippen LogP contribution in [0.1, 0.15) is 53.3 Å². The van der Waals surface area contributed by atoms with Gasteiger partial charge in [0.15, 0.2) is 16.5 Å². The Labute approximate surface area is 396 Å². The van der Waals surface area contributed by atoms with Crippen molar-refractivity contribution in [2.75, 3.05) is 89.7 Å². The average molecular weight is 959 g/mol. The second-order valence-electron chi connectivity index (χ2n) is 16.9. The lowest BCUT2D eigenvalue weighted by Crippen LogP contribution is -2.48. The van der Waals surface area contributed by atoms with Crippen LogP contribution in [0.4, 0.5) is 5.95 Å². The normalized spacial score (nSPS) is 15.9. The Hall–Kier alpha value is -6.06. The second-order valence-corrected chi connectivity index (χ2v) is 19.8. The number of likely N-dealkylation sites (tertiary alicyclic amines) is 2. The summed E-state index contributed by atoms with van der Waals surface area (Å²) in [7, 11) is 0. The van der Waals surface area contributed by atoms with E-state index in [0.717, 1.165) is 59.7 Å². The number of nitrogens with zero attached hydrogens (tertiary/aromatic N) is 10. The SMILES string of the molecule is CC(=O)N1CCN(c2ncc3c(=O)c(C(=O)NCCN4CCCC4)c4sc5ccccc5n4c3n2)CC1.CSc1ncc2c(=O)c(C(=O)NCCN3CCCC3)c3sc4ccccc4n3c2n1. The van der Waals surface area contributed by atoms with Crippen LogP contribution in [0.3, 0.4) is 0 Å². The molecule has 0 saturated carbocycles. The summed E-state index contributed by atoms with van der Waals surface area (Å²) in [6.45, 7) is 10.9. The smallest absolute Gasteiger partial charge is 0.258 e. The van der Waals surface area contributed by atoms with Gasteiger partial charge >= 0.3 is 0 Å². The Morgan fingerprint density at radius 1 is 0.642 bits per heavy atom. The van der Waals surface area contributed by atoms with Gasteiger partial charge in [-0.1, -0.05) is 36.0 Å². The van der Waals surface area contributed by atoms with Crippen molar-refractivity contribution in [3.05, 3.63) is 92.5 Å². The van der Waals surface area contributed by atoms with Crippen molar-refractivity contribution >= 4 is 110 Å². The fourth-order valence-electron chi connectivity index (χ4n) is 9.28. The molecule has 0 radical (unpaired) electrons. The van der Waals surface area contributed by atoms with Gasteiger partial charge in [-0.15, -0.1) is 22.7 Å². The van der Waals surface area contributed by atoms with Gasteiger partial charge in [0.05, 0.1) is 31.2 Å². The van der Waals surface area contributed by atoms with Crippen molar-refractivity contribution in [2.45, 2.75) is 37.8 Å². The molecule has 0 unspecified atom stereocenters. The Balaban J connectivity index is 0.000000160. The van der Waals surface area contributed by atoms with Crippen molar-refractivity contribution in [2.24, 2.45) is 0 Å². The lowest BCUT2D eigenvalue weighted by molar-refractivity contribution is -0.129. The van der Waals surface area contributed by atoms with Crippen LogP contribution in [0, 0.1) is 0 Å². The van der Waals surface area contributed by atoms with Crippen molar-refractivity contribution in [1.82, 2.24) is 54.1 Å². The van der Waals surface area contributed by atoms with Gasteiger partial charge in [0.2, 0.25) is 22.7 Å². The number of rotatable bonds is 10. The molecule has 3 fully saturated rings. The number of amides is 3. The summed E-state index contributed by atoms with van der Waals surface area (Å²) >= 11 is 4.29. The van der Waals surface area contributed by atoms with Crippen molar-refractivity contribution in [3.63, 3.8) is 0 Å². The van der Waals surface area contributed by atoms with Crippen LogP contribution in [0.2, 0.25) is 0 Å². The van der Waals surface area contributed by atoms with Crippen LogP contribution >= 0.6 is 34.4 Å². The van der Waals surface area contributed by atoms with E-state index in [1.54, 1.807) is 11.8 Å². The first kappa shape index (κ1) is 44.8. The van der Waals surface area contributed by atoms with Gasteiger partial charge in [0.25, 0.3) is 11.8 Å². The minimum atomic E-state index is -0.361. The third kappa shape index (κ3) is 8.72. The van der Waals surface area contributed by atoms with Gasteiger partial charge in [0, 0.05) is 71.7 Å². The van der Waals surface area contributed by atoms with E-state index in [-0.39, 0.29) is 39.7 Å². The molecule has 8 aromatic rings. The number of nitrogens with one attached hydrogen (secondary N) is 2. The number of thiazole rings is 2. The third-order valence-corrected chi connectivity index (χ3v) is 15.7. The number of pyridine rings is 2. The van der Waals surface area contributed by atoms with Crippen LogP contribution in [-0.2, 0) is 4.79 Å². The third-order valence-electron chi connectivity index (χ3n) is 12.8. The molecule has 0 bridgehead atoms. The van der Waals surface area contributed by atoms with Gasteiger partial charge in [-0.3, -0.25) is 32.8 Å². The van der Waals surface area contributed by atoms with Crippen LogP contribution in [0.15, 0.2) is 75.7 Å². The molecule has 0 spiro atoms. The number of carbonyl (C=O) groups excluding carboxylic acids is 3. The summed E-state index contributed by atoms with van der Waals surface area (Å²) in [4.78, 5) is 93.1. The van der Waals surface area contributed by atoms with E-state index in [2.05, 4.69) is 35.4 Å². The van der Waals surface area contributed by atoms with E-state index in [1.807, 2.05) is 68.5 Å². The maximum atomic E-state index is 13.7. The van der Waals surface area contributed by atoms with E-state index in [0.29, 0.717) is 82.1 Å². The first-order chi connectivity index (χ1) is 32.7. The zero-order valence-electron chi connectivity index (χ0n) is 37.3. The quantitative estimate of drug-likeness (QED) is 0.139. The van der Waals surface area contributed by atoms with Gasteiger partial charge in [-0.05, 0) is 82.4 Å². The van der Waals surface area contributed by atoms with Gasteiger partial charge in [-0.2, -0.15) is 4.98 Å². The Morgan fingerprint density at radius 3 is 1.61 bits per heavy atom. The zero-order chi connectivity index (χ0) is 46.2. The molecule has 9 heterocycles. The molecule has 0 aliphatic carbocycles. The average Bonchev–Trinajstić information content (AvgIpc) is 4.19. The molecule has 20 heteroatoms. The van der Waals surface area contributed by atoms with Crippen LogP contribution < -0.4 is 26.4 Å². The summed E-state index contributed by atoms with van der Waals surface area (Å²) in [5, 5.41) is 7.20. The summed E-state index contributed by atoms with van der Waals surface area (Å²) in [6.07, 6.45) is 9.77. The van der Waals surface area contributed by atoms with Crippen molar-refractivity contribution in [3.8, 4) is 0 Å². The number of piperazine rings is 1. The van der Waals surface area contributed by atoms with E-state index < -0.39 is 0 Å². The number of carbonyl (C=O) groups is 3. The Bertz CT molecular complexity index is 3330. The number of benzene rings is 2. The molecule has 3 amide bonds. The molecular weight excluding hydrogens is 909 g/mol. The number of hydrogen-bond acceptors (Lipinski definition) is 15. The predicted octanol–water partition coefficient (Wildman–Crippen LogP) is 4.96. The van der Waals surface area contributed by atoms with Gasteiger partial charge < -0.3 is 30.2 Å². The monoisotopic (exact) mass is 958 g/mol. The standard InChI is InChI=1S/C26H29N7O3S.C21H21N5O2S2/c1-17(34)31-12-14-32(15-13-31)26-28-16-18-22(35)21(24(36)27-8-11-30-9-4-5-10-30)25-33(23(18)29-26)19-6-2-3-7-20(19)37-25;1-29-21-23-12-13-17(27)16(19(28)22-8-11-25-9-4-5-10-25)20-26(18(13)24-21)14-6-2-3-7-15(14)30-20/h2-3,6-7,16H,4-5,8-15H2,1H3,(H,27,36);2-3,6-7,12H,4-5,8-11H2,1H3,(H,22,28). The summed E-state index contributed by atoms with van der Waals surface area (Å²) in [6, 6.07) is 15.7. The topological polar surface area (TPSA) is 183 Å². The first-order valence-corrected chi connectivity index (χ1v) is 25.6. The summed E-state index contributed by atoms with van der Waals surface area (Å²) < 4.78 is 5.81. The summed E-state index contributed by atoms with van der Waals surface area (Å²) in [5.74, 6) is -0.121. The van der Waals surface area contributed by atoms with Gasteiger partial charge in [0.1, 0.15) is 20.8 Å². The molecule has 17 nitrogen and oxygen atoms in total. The molecule has 0 atom stereocenters. The van der Waals surface area contributed by atoms with E-state index in [1.165, 1.54) is 72.5 Å². The number of para-hydroxylation sites is 2. The van der Waals surface area contributed by atoms with Crippen molar-refractivity contribution < 1.29 is 14.4 Å². The fourth-order valence-corrected chi connectivity index (χ4v) is 12.0. The molecule has 3 aliphatic heterocycles. The Morgan fingerprint density at radius 2 is 1.12 bits per heavy atom. The molecule has 3 saturated heterocycles. The summed E-state index contributed by atoms with van der Waals surface area (Å²) in [5.41, 5.74) is 2.50. The lowest BCUT2D eigenvalue weighted by Gasteiger charge is -2.34. The minimum Gasteiger partial charge on any atom is -0.351 e. The maximum Gasteiger partial charge on any atom is 0.258 e. The molecule has 11 rings (SSSR count). The minimum absolute atomic E-state index is 0.0586. The number of hydrogen-bond donors (Lipinski definition) is 2. The highest BCUT2D eigenvalue weighted by atomic mass is 32.2. The molecule has 2 aromatic carbocycles. The van der Waals surface area contributed by atoms with Crippen LogP contribution in [-0.4, -0.2) is 146 Å².